The van der Waals surface area contributed by atoms with Crippen molar-refractivity contribution in [1.82, 2.24) is 10.4 Å². The fourth-order valence-corrected chi connectivity index (χ4v) is 3.55. The number of nitrogens with one attached hydrogen (secondary N) is 1. The van der Waals surface area contributed by atoms with E-state index < -0.39 is 5.91 Å². The minimum Gasteiger partial charge on any atom is -0.383 e. The van der Waals surface area contributed by atoms with E-state index in [1.807, 2.05) is 12.1 Å². The Morgan fingerprint density at radius 2 is 2.22 bits per heavy atom. The molecule has 1 aromatic rings. The number of aryl methyl sites for hydroxylation is 1. The van der Waals surface area contributed by atoms with Gasteiger partial charge in [0.2, 0.25) is 5.91 Å². The summed E-state index contributed by atoms with van der Waals surface area (Å²) in [5, 5.41) is 13.4. The second-order valence-corrected chi connectivity index (χ2v) is 6.37. The van der Waals surface area contributed by atoms with E-state index >= 15 is 0 Å². The van der Waals surface area contributed by atoms with E-state index in [0.29, 0.717) is 17.0 Å². The summed E-state index contributed by atoms with van der Waals surface area (Å²) in [6, 6.07) is 5.50. The number of hydrogen-bond acceptors (Lipinski definition) is 4. The number of rotatable bonds is 4. The predicted molar refractivity (Wildman–Crippen MR) is 83.2 cm³/mol. The Balaban J connectivity index is 1.81. The molecule has 1 aromatic carbocycles. The highest BCUT2D eigenvalue weighted by Crippen LogP contribution is 2.41. The molecular formula is C17H22N2O4. The summed E-state index contributed by atoms with van der Waals surface area (Å²) in [7, 11) is 1.52. The van der Waals surface area contributed by atoms with Crippen molar-refractivity contribution >= 4 is 11.8 Å². The van der Waals surface area contributed by atoms with E-state index in [9.17, 15) is 14.8 Å². The van der Waals surface area contributed by atoms with Gasteiger partial charge in [-0.05, 0) is 48.9 Å². The summed E-state index contributed by atoms with van der Waals surface area (Å²) in [6.45, 7) is 1.13. The van der Waals surface area contributed by atoms with Crippen LogP contribution in [0.15, 0.2) is 18.2 Å². The van der Waals surface area contributed by atoms with Gasteiger partial charge in [-0.2, -0.15) is 0 Å². The van der Waals surface area contributed by atoms with Crippen molar-refractivity contribution < 1.29 is 19.5 Å². The Kier molecular flexibility index (Phi) is 4.37. The maximum atomic E-state index is 12.3. The van der Waals surface area contributed by atoms with Crippen molar-refractivity contribution in [2.75, 3.05) is 26.8 Å². The Morgan fingerprint density at radius 3 is 2.91 bits per heavy atom. The van der Waals surface area contributed by atoms with Gasteiger partial charge in [-0.15, -0.1) is 0 Å². The van der Waals surface area contributed by atoms with E-state index in [1.54, 1.807) is 6.07 Å². The minimum atomic E-state index is -0.444. The van der Waals surface area contributed by atoms with Gasteiger partial charge in [-0.1, -0.05) is 6.07 Å². The zero-order valence-corrected chi connectivity index (χ0v) is 13.3. The molecule has 0 aromatic heterocycles. The molecular weight excluding hydrogens is 296 g/mol. The van der Waals surface area contributed by atoms with Crippen LogP contribution in [0, 0.1) is 5.41 Å². The SMILES string of the molecule is COCCN(O)C(=O)c1ccc2c(c1)C[C@@]1(CCNC1=O)CC2. The fourth-order valence-electron chi connectivity index (χ4n) is 3.55. The smallest absolute Gasteiger partial charge is 0.277 e. The molecule has 124 valence electrons. The van der Waals surface area contributed by atoms with Gasteiger partial charge >= 0.3 is 0 Å². The van der Waals surface area contributed by atoms with Crippen molar-refractivity contribution in [3.63, 3.8) is 0 Å². The molecule has 1 spiro atoms. The van der Waals surface area contributed by atoms with Crippen molar-refractivity contribution in [1.29, 1.82) is 0 Å². The molecule has 2 aliphatic rings. The van der Waals surface area contributed by atoms with E-state index in [1.165, 1.54) is 12.7 Å². The molecule has 6 heteroatoms. The average Bonchev–Trinajstić information content (AvgIpc) is 2.91. The summed E-state index contributed by atoms with van der Waals surface area (Å²) in [5.74, 6) is -0.316. The normalized spacial score (nSPS) is 22.8. The van der Waals surface area contributed by atoms with Crippen LogP contribution in [0.3, 0.4) is 0 Å². The molecule has 0 saturated carbocycles. The number of methoxy groups -OCH3 is 1. The Labute approximate surface area is 135 Å². The van der Waals surface area contributed by atoms with Crippen LogP contribution in [-0.4, -0.2) is 48.9 Å². The summed E-state index contributed by atoms with van der Waals surface area (Å²) in [4.78, 5) is 24.4. The number of carbonyl (C=O) groups is 2. The molecule has 0 bridgehead atoms. The van der Waals surface area contributed by atoms with Crippen LogP contribution in [0.5, 0.6) is 0 Å². The molecule has 2 amide bonds. The van der Waals surface area contributed by atoms with Crippen molar-refractivity contribution in [3.05, 3.63) is 34.9 Å². The molecule has 0 unspecified atom stereocenters. The number of hydroxylamine groups is 2. The first-order valence-corrected chi connectivity index (χ1v) is 7.95. The van der Waals surface area contributed by atoms with Gasteiger partial charge in [-0.25, -0.2) is 5.06 Å². The van der Waals surface area contributed by atoms with Crippen LogP contribution in [0.25, 0.3) is 0 Å². The highest BCUT2D eigenvalue weighted by molar-refractivity contribution is 5.94. The lowest BCUT2D eigenvalue weighted by Crippen LogP contribution is -2.37. The number of nitrogens with zero attached hydrogens (tertiary/aromatic N) is 1. The topological polar surface area (TPSA) is 78.9 Å². The van der Waals surface area contributed by atoms with E-state index in [2.05, 4.69) is 5.32 Å². The average molecular weight is 318 g/mol. The van der Waals surface area contributed by atoms with Crippen molar-refractivity contribution in [3.8, 4) is 0 Å². The predicted octanol–water partition coefficient (Wildman–Crippen LogP) is 1.16. The quantitative estimate of drug-likeness (QED) is 0.645. The second-order valence-electron chi connectivity index (χ2n) is 6.37. The molecule has 1 aliphatic carbocycles. The van der Waals surface area contributed by atoms with Gasteiger partial charge in [0, 0.05) is 19.2 Å². The maximum Gasteiger partial charge on any atom is 0.277 e. The summed E-state index contributed by atoms with van der Waals surface area (Å²) >= 11 is 0. The van der Waals surface area contributed by atoms with Crippen LogP contribution < -0.4 is 5.32 Å². The Hall–Kier alpha value is -1.92. The Morgan fingerprint density at radius 1 is 1.39 bits per heavy atom. The van der Waals surface area contributed by atoms with Gasteiger partial charge in [0.1, 0.15) is 0 Å². The van der Waals surface area contributed by atoms with Crippen LogP contribution in [-0.2, 0) is 22.4 Å². The van der Waals surface area contributed by atoms with E-state index in [-0.39, 0.29) is 24.5 Å². The summed E-state index contributed by atoms with van der Waals surface area (Å²) < 4.78 is 4.87. The number of hydrogen-bond donors (Lipinski definition) is 2. The van der Waals surface area contributed by atoms with Gasteiger partial charge in [0.15, 0.2) is 0 Å². The largest absolute Gasteiger partial charge is 0.383 e. The number of ether oxygens (including phenoxy) is 1. The number of amides is 2. The Bertz CT molecular complexity index is 631. The van der Waals surface area contributed by atoms with Crippen molar-refractivity contribution in [2.45, 2.75) is 25.7 Å². The lowest BCUT2D eigenvalue weighted by Gasteiger charge is -2.32. The molecule has 1 fully saturated rings. The van der Waals surface area contributed by atoms with Crippen molar-refractivity contribution in [2.24, 2.45) is 5.41 Å². The summed E-state index contributed by atoms with van der Waals surface area (Å²) in [6.07, 6.45) is 3.23. The summed E-state index contributed by atoms with van der Waals surface area (Å²) in [5.41, 5.74) is 2.36. The van der Waals surface area contributed by atoms with Gasteiger partial charge < -0.3 is 10.1 Å². The van der Waals surface area contributed by atoms with Gasteiger partial charge in [0.25, 0.3) is 5.91 Å². The van der Waals surface area contributed by atoms with Gasteiger partial charge in [0.05, 0.1) is 18.6 Å². The zero-order chi connectivity index (χ0) is 16.4. The first-order chi connectivity index (χ1) is 11.1. The third kappa shape index (κ3) is 2.96. The number of fused-ring (bicyclic) bond motifs is 1. The van der Waals surface area contributed by atoms with Crippen LogP contribution in [0.1, 0.15) is 34.3 Å². The highest BCUT2D eigenvalue weighted by Gasteiger charge is 2.44. The molecule has 3 rings (SSSR count). The molecule has 1 heterocycles. The third-order valence-electron chi connectivity index (χ3n) is 4.97. The molecule has 1 atom stereocenters. The molecule has 23 heavy (non-hydrogen) atoms. The zero-order valence-electron chi connectivity index (χ0n) is 13.3. The van der Waals surface area contributed by atoms with Crippen LogP contribution in [0.2, 0.25) is 0 Å². The maximum absolute atomic E-state index is 12.3. The standard InChI is InChI=1S/C17H22N2O4/c1-23-9-8-19(22)15(20)13-3-2-12-4-5-17(11-14(12)10-13)6-7-18-16(17)21/h2-3,10,22H,4-9,11H2,1H3,(H,18,21)/t17-/m0/s1. The molecule has 1 aliphatic heterocycles. The fraction of sp³-hybridized carbons (Fsp3) is 0.529. The minimum absolute atomic E-state index is 0.124. The monoisotopic (exact) mass is 318 g/mol. The lowest BCUT2D eigenvalue weighted by molar-refractivity contribution is -0.128. The molecule has 0 radical (unpaired) electrons. The van der Waals surface area contributed by atoms with E-state index in [0.717, 1.165) is 31.4 Å². The second kappa shape index (κ2) is 6.29. The molecule has 2 N–H and O–H groups in total. The van der Waals surface area contributed by atoms with Crippen LogP contribution in [0.4, 0.5) is 0 Å². The first kappa shape index (κ1) is 16.0. The third-order valence-corrected chi connectivity index (χ3v) is 4.97. The van der Waals surface area contributed by atoms with Crippen LogP contribution >= 0.6 is 0 Å². The van der Waals surface area contributed by atoms with Gasteiger partial charge in [-0.3, -0.25) is 14.8 Å². The first-order valence-electron chi connectivity index (χ1n) is 7.95. The lowest BCUT2D eigenvalue weighted by atomic mass is 9.70. The van der Waals surface area contributed by atoms with E-state index in [4.69, 9.17) is 4.74 Å². The molecule has 1 saturated heterocycles. The molecule has 6 nitrogen and oxygen atoms in total. The number of carbonyl (C=O) groups excluding carboxylic acids is 2. The number of benzene rings is 1. The highest BCUT2D eigenvalue weighted by atomic mass is 16.5.